The van der Waals surface area contributed by atoms with E-state index in [9.17, 15) is 14.9 Å². The van der Waals surface area contributed by atoms with Crippen LogP contribution in [0.1, 0.15) is 0 Å². The molecule has 2 aromatic heterocycles. The third-order valence-corrected chi connectivity index (χ3v) is 2.61. The molecule has 0 amide bonds. The molecule has 0 aromatic carbocycles. The van der Waals surface area contributed by atoms with Crippen LogP contribution in [0.5, 0.6) is 0 Å². The maximum absolute atomic E-state index is 11.2. The minimum Gasteiger partial charge on any atom is -0.328 e. The van der Waals surface area contributed by atoms with Gasteiger partial charge in [-0.05, 0) is 6.07 Å². The predicted octanol–water partition coefficient (Wildman–Crippen LogP) is 1.50. The molecule has 2 aromatic rings. The van der Waals surface area contributed by atoms with E-state index in [4.69, 9.17) is 0 Å². The van der Waals surface area contributed by atoms with E-state index in [1.807, 2.05) is 0 Å². The lowest BCUT2D eigenvalue weighted by Gasteiger charge is -1.87. The maximum atomic E-state index is 11.2. The Hall–Kier alpha value is -1.69. The molecule has 0 aliphatic heterocycles. The number of thiophene rings is 1. The van der Waals surface area contributed by atoms with Gasteiger partial charge in [-0.3, -0.25) is 14.9 Å². The van der Waals surface area contributed by atoms with E-state index in [2.05, 4.69) is 4.98 Å². The second-order valence-corrected chi connectivity index (χ2v) is 3.34. The molecular weight excluding hydrogens is 192 g/mol. The molecule has 5 nitrogen and oxygen atoms in total. The summed E-state index contributed by atoms with van der Waals surface area (Å²) in [7, 11) is 0. The summed E-state index contributed by atoms with van der Waals surface area (Å²) in [6.07, 6.45) is 1.48. The van der Waals surface area contributed by atoms with Crippen LogP contribution in [0.4, 0.5) is 5.69 Å². The lowest BCUT2D eigenvalue weighted by atomic mass is 10.3. The highest BCUT2D eigenvalue weighted by molar-refractivity contribution is 7.17. The van der Waals surface area contributed by atoms with Crippen LogP contribution in [0.2, 0.25) is 0 Å². The molecule has 66 valence electrons. The van der Waals surface area contributed by atoms with E-state index in [0.717, 1.165) is 0 Å². The summed E-state index contributed by atoms with van der Waals surface area (Å²) in [5, 5.41) is 12.0. The number of hydrogen-bond acceptors (Lipinski definition) is 4. The minimum atomic E-state index is -0.548. The van der Waals surface area contributed by atoms with Gasteiger partial charge in [-0.15, -0.1) is 11.3 Å². The lowest BCUT2D eigenvalue weighted by Crippen LogP contribution is -2.04. The number of pyridine rings is 1. The van der Waals surface area contributed by atoms with Crippen molar-refractivity contribution in [3.05, 3.63) is 38.1 Å². The van der Waals surface area contributed by atoms with Crippen LogP contribution in [-0.2, 0) is 0 Å². The molecule has 6 heteroatoms. The summed E-state index contributed by atoms with van der Waals surface area (Å²) in [6.45, 7) is 0. The van der Waals surface area contributed by atoms with Gasteiger partial charge in [-0.25, -0.2) is 0 Å². The van der Waals surface area contributed by atoms with Gasteiger partial charge in [0.25, 0.3) is 11.2 Å². The van der Waals surface area contributed by atoms with Crippen LogP contribution in [0.25, 0.3) is 10.1 Å². The Morgan fingerprint density at radius 1 is 1.54 bits per heavy atom. The van der Waals surface area contributed by atoms with Crippen molar-refractivity contribution in [1.82, 2.24) is 4.98 Å². The van der Waals surface area contributed by atoms with Crippen molar-refractivity contribution in [1.29, 1.82) is 0 Å². The summed E-state index contributed by atoms with van der Waals surface area (Å²) in [6, 6.07) is 1.65. The molecule has 0 aliphatic carbocycles. The molecule has 0 aliphatic rings. The van der Waals surface area contributed by atoms with Crippen molar-refractivity contribution in [2.75, 3.05) is 0 Å². The average molecular weight is 196 g/mol. The number of aromatic amines is 1. The second kappa shape index (κ2) is 2.67. The number of nitrogens with zero attached hydrogens (tertiary/aromatic N) is 1. The van der Waals surface area contributed by atoms with Gasteiger partial charge in [-0.1, -0.05) is 0 Å². The number of fused-ring (bicyclic) bond motifs is 1. The maximum Gasteiger partial charge on any atom is 0.293 e. The molecule has 0 spiro atoms. The van der Waals surface area contributed by atoms with E-state index < -0.39 is 10.5 Å². The first-order valence-electron chi connectivity index (χ1n) is 3.43. The van der Waals surface area contributed by atoms with Gasteiger partial charge >= 0.3 is 0 Å². The topological polar surface area (TPSA) is 76.0 Å². The lowest BCUT2D eigenvalue weighted by molar-refractivity contribution is -0.382. The predicted molar refractivity (Wildman–Crippen MR) is 49.1 cm³/mol. The summed E-state index contributed by atoms with van der Waals surface area (Å²) >= 11 is 1.19. The first kappa shape index (κ1) is 7.93. The smallest absolute Gasteiger partial charge is 0.293 e. The minimum absolute atomic E-state index is 0.123. The van der Waals surface area contributed by atoms with Crippen molar-refractivity contribution < 1.29 is 4.92 Å². The Morgan fingerprint density at radius 2 is 2.31 bits per heavy atom. The molecular formula is C7H4N2O3S. The molecule has 0 radical (unpaired) electrons. The first-order chi connectivity index (χ1) is 6.20. The zero-order valence-corrected chi connectivity index (χ0v) is 7.13. The highest BCUT2D eigenvalue weighted by Gasteiger charge is 2.16. The van der Waals surface area contributed by atoms with Gasteiger partial charge in [0.1, 0.15) is 5.39 Å². The largest absolute Gasteiger partial charge is 0.328 e. The van der Waals surface area contributed by atoms with E-state index in [1.165, 1.54) is 22.9 Å². The summed E-state index contributed by atoms with van der Waals surface area (Å²) < 4.78 is 0.635. The van der Waals surface area contributed by atoms with Gasteiger partial charge in [0.2, 0.25) is 0 Å². The molecule has 0 bridgehead atoms. The van der Waals surface area contributed by atoms with Gasteiger partial charge in [0.05, 0.1) is 10.3 Å². The molecule has 2 heterocycles. The third kappa shape index (κ3) is 1.11. The molecule has 2 rings (SSSR count). The Morgan fingerprint density at radius 3 is 3.00 bits per heavy atom. The number of H-pyrrole nitrogens is 1. The quantitative estimate of drug-likeness (QED) is 0.554. The Labute approximate surface area is 75.8 Å². The van der Waals surface area contributed by atoms with Crippen molar-refractivity contribution >= 4 is 27.1 Å². The van der Waals surface area contributed by atoms with Crippen LogP contribution in [0, 0.1) is 10.1 Å². The molecule has 0 unspecified atom stereocenters. The highest BCUT2D eigenvalue weighted by Crippen LogP contribution is 2.28. The summed E-state index contributed by atoms with van der Waals surface area (Å²) in [5.74, 6) is 0. The first-order valence-corrected chi connectivity index (χ1v) is 4.31. The number of rotatable bonds is 1. The highest BCUT2D eigenvalue weighted by atomic mass is 32.1. The second-order valence-electron chi connectivity index (χ2n) is 2.42. The summed E-state index contributed by atoms with van der Waals surface area (Å²) in [5.41, 5.74) is -0.535. The molecule has 1 N–H and O–H groups in total. The van der Waals surface area contributed by atoms with Crippen molar-refractivity contribution in [2.24, 2.45) is 0 Å². The van der Waals surface area contributed by atoms with Crippen LogP contribution in [-0.4, -0.2) is 9.91 Å². The number of nitrogens with one attached hydrogen (secondary N) is 1. The number of aromatic nitrogens is 1. The fourth-order valence-electron chi connectivity index (χ4n) is 1.11. The SMILES string of the molecule is O=c1[nH]ccc2scc([N+](=O)[O-])c12. The van der Waals surface area contributed by atoms with Gasteiger partial charge in [0.15, 0.2) is 0 Å². The zero-order valence-electron chi connectivity index (χ0n) is 6.31. The zero-order chi connectivity index (χ0) is 9.42. The van der Waals surface area contributed by atoms with Crippen molar-refractivity contribution in [2.45, 2.75) is 0 Å². The van der Waals surface area contributed by atoms with Crippen LogP contribution in [0.15, 0.2) is 22.4 Å². The van der Waals surface area contributed by atoms with Crippen LogP contribution in [0.3, 0.4) is 0 Å². The normalized spacial score (nSPS) is 10.5. The standard InChI is InChI=1S/C7H4N2O3S/c10-7-6-4(9(11)12)3-13-5(6)1-2-8-7/h1-3H,(H,8,10). The number of nitro groups is 1. The Kier molecular flexibility index (Phi) is 1.63. The van der Waals surface area contributed by atoms with E-state index in [0.29, 0.717) is 4.70 Å². The Bertz CT molecular complexity index is 528. The van der Waals surface area contributed by atoms with E-state index in [-0.39, 0.29) is 11.1 Å². The van der Waals surface area contributed by atoms with Crippen molar-refractivity contribution in [3.63, 3.8) is 0 Å². The van der Waals surface area contributed by atoms with Gasteiger partial charge < -0.3 is 4.98 Å². The molecule has 0 saturated heterocycles. The number of hydrogen-bond donors (Lipinski definition) is 1. The van der Waals surface area contributed by atoms with Crippen molar-refractivity contribution in [3.8, 4) is 0 Å². The fourth-order valence-corrected chi connectivity index (χ4v) is 2.02. The van der Waals surface area contributed by atoms with E-state index >= 15 is 0 Å². The fraction of sp³-hybridized carbons (Fsp3) is 0. The Balaban J connectivity index is 2.95. The monoisotopic (exact) mass is 196 g/mol. The summed E-state index contributed by atoms with van der Waals surface area (Å²) in [4.78, 5) is 23.6. The average Bonchev–Trinajstić information content (AvgIpc) is 2.49. The van der Waals surface area contributed by atoms with Gasteiger partial charge in [-0.2, -0.15) is 0 Å². The third-order valence-electron chi connectivity index (χ3n) is 1.67. The molecule has 13 heavy (non-hydrogen) atoms. The van der Waals surface area contributed by atoms with E-state index in [1.54, 1.807) is 6.07 Å². The molecule has 0 fully saturated rings. The van der Waals surface area contributed by atoms with Gasteiger partial charge in [0, 0.05) is 10.9 Å². The molecule has 0 saturated carbocycles. The molecule has 0 atom stereocenters. The van der Waals surface area contributed by atoms with Crippen LogP contribution >= 0.6 is 11.3 Å². The van der Waals surface area contributed by atoms with Crippen LogP contribution < -0.4 is 5.56 Å².